The first-order valence-corrected chi connectivity index (χ1v) is 8.36. The third kappa shape index (κ3) is 5.68. The van der Waals surface area contributed by atoms with Gasteiger partial charge in [-0.2, -0.15) is 0 Å². The van der Waals surface area contributed by atoms with Crippen molar-refractivity contribution in [2.24, 2.45) is 16.5 Å². The van der Waals surface area contributed by atoms with Gasteiger partial charge in [0.1, 0.15) is 28.9 Å². The number of hydrogen-bond acceptors (Lipinski definition) is 5. The summed E-state index contributed by atoms with van der Waals surface area (Å²) in [5.41, 5.74) is 11.0. The van der Waals surface area contributed by atoms with E-state index in [1.54, 1.807) is 0 Å². The molecule has 0 radical (unpaired) electrons. The number of ketones is 1. The maximum Gasteiger partial charge on any atom is 0.344 e. The number of Topliss-reactive ketones (excluding diaryl/α,β-unsaturated/α-hetero) is 1. The van der Waals surface area contributed by atoms with Crippen molar-refractivity contribution in [3.05, 3.63) is 82.3 Å². The highest BCUT2D eigenvalue weighted by atomic mass is 19.1. The molecule has 0 atom stereocenters. The standard InChI is InChI=1S/C20H18F3N3O3/c1-11(24)17(19(25)26-9-12-5-7-13(21)8-6-12)20(28)29-10-16(27)18-14(22)3-2-4-15(18)23/h2-8H,9-10,24H2,1H3,(H2,25,26). The van der Waals surface area contributed by atoms with Crippen LogP contribution < -0.4 is 11.5 Å². The third-order valence-electron chi connectivity index (χ3n) is 3.78. The molecule has 0 aliphatic heterocycles. The number of allylic oxidation sites excluding steroid dienone is 1. The topological polar surface area (TPSA) is 108 Å². The van der Waals surface area contributed by atoms with Crippen LogP contribution >= 0.6 is 0 Å². The van der Waals surface area contributed by atoms with Crippen molar-refractivity contribution >= 4 is 17.6 Å². The number of benzene rings is 2. The molecule has 0 aliphatic carbocycles. The first-order valence-electron chi connectivity index (χ1n) is 8.36. The highest BCUT2D eigenvalue weighted by Crippen LogP contribution is 2.14. The summed E-state index contributed by atoms with van der Waals surface area (Å²) in [6.07, 6.45) is 0. The van der Waals surface area contributed by atoms with Crippen LogP contribution in [0.2, 0.25) is 0 Å². The van der Waals surface area contributed by atoms with E-state index in [2.05, 4.69) is 4.99 Å². The van der Waals surface area contributed by atoms with Gasteiger partial charge in [0, 0.05) is 5.70 Å². The summed E-state index contributed by atoms with van der Waals surface area (Å²) in [5, 5.41) is 0. The van der Waals surface area contributed by atoms with E-state index in [1.807, 2.05) is 0 Å². The van der Waals surface area contributed by atoms with E-state index in [-0.39, 0.29) is 23.7 Å². The van der Waals surface area contributed by atoms with Gasteiger partial charge >= 0.3 is 5.97 Å². The van der Waals surface area contributed by atoms with Crippen LogP contribution in [0, 0.1) is 17.5 Å². The number of nitrogens with two attached hydrogens (primary N) is 2. The largest absolute Gasteiger partial charge is 0.454 e. The Balaban J connectivity index is 2.09. The molecule has 9 heteroatoms. The Morgan fingerprint density at radius 1 is 1.00 bits per heavy atom. The van der Waals surface area contributed by atoms with Gasteiger partial charge in [-0.1, -0.05) is 18.2 Å². The van der Waals surface area contributed by atoms with Crippen molar-refractivity contribution in [2.75, 3.05) is 6.61 Å². The van der Waals surface area contributed by atoms with Gasteiger partial charge in [0.05, 0.1) is 12.1 Å². The summed E-state index contributed by atoms with van der Waals surface area (Å²) in [4.78, 5) is 28.3. The fourth-order valence-corrected chi connectivity index (χ4v) is 2.35. The molecule has 2 aromatic carbocycles. The zero-order chi connectivity index (χ0) is 21.6. The first kappa shape index (κ1) is 21.7. The summed E-state index contributed by atoms with van der Waals surface area (Å²) >= 11 is 0. The molecular weight excluding hydrogens is 387 g/mol. The average Bonchev–Trinajstić information content (AvgIpc) is 2.65. The molecule has 0 unspecified atom stereocenters. The Morgan fingerprint density at radius 2 is 1.59 bits per heavy atom. The second kappa shape index (κ2) is 9.54. The van der Waals surface area contributed by atoms with Crippen LogP contribution in [0.15, 0.2) is 58.7 Å². The Morgan fingerprint density at radius 3 is 2.14 bits per heavy atom. The zero-order valence-corrected chi connectivity index (χ0v) is 15.4. The summed E-state index contributed by atoms with van der Waals surface area (Å²) in [7, 11) is 0. The van der Waals surface area contributed by atoms with Gasteiger partial charge in [0.25, 0.3) is 0 Å². The van der Waals surface area contributed by atoms with Gasteiger partial charge < -0.3 is 16.2 Å². The number of halogens is 3. The van der Waals surface area contributed by atoms with Crippen LogP contribution in [0.25, 0.3) is 0 Å². The third-order valence-corrected chi connectivity index (χ3v) is 3.78. The second-order valence-electron chi connectivity index (χ2n) is 5.98. The molecule has 6 nitrogen and oxygen atoms in total. The number of rotatable bonds is 7. The van der Waals surface area contributed by atoms with Crippen molar-refractivity contribution in [1.82, 2.24) is 0 Å². The summed E-state index contributed by atoms with van der Waals surface area (Å²) < 4.78 is 45.0. The molecule has 0 saturated carbocycles. The molecule has 0 heterocycles. The van der Waals surface area contributed by atoms with Crippen molar-refractivity contribution in [3.8, 4) is 0 Å². The number of carbonyl (C=O) groups excluding carboxylic acids is 2. The minimum Gasteiger partial charge on any atom is -0.454 e. The highest BCUT2D eigenvalue weighted by molar-refractivity contribution is 6.19. The molecule has 0 spiro atoms. The van der Waals surface area contributed by atoms with Crippen LogP contribution in [-0.2, 0) is 16.1 Å². The minimum atomic E-state index is -1.07. The minimum absolute atomic E-state index is 0.0279. The lowest BCUT2D eigenvalue weighted by atomic mass is 10.1. The molecule has 0 fully saturated rings. The van der Waals surface area contributed by atoms with E-state index in [1.165, 1.54) is 31.2 Å². The molecule has 2 rings (SSSR count). The van der Waals surface area contributed by atoms with Crippen molar-refractivity contribution in [1.29, 1.82) is 0 Å². The molecule has 152 valence electrons. The van der Waals surface area contributed by atoms with Crippen LogP contribution in [0.3, 0.4) is 0 Å². The predicted molar refractivity (Wildman–Crippen MR) is 100 cm³/mol. The highest BCUT2D eigenvalue weighted by Gasteiger charge is 2.22. The van der Waals surface area contributed by atoms with Crippen molar-refractivity contribution in [3.63, 3.8) is 0 Å². The summed E-state index contributed by atoms with van der Waals surface area (Å²) in [6.45, 7) is 0.490. The average molecular weight is 405 g/mol. The number of amidine groups is 1. The fourth-order valence-electron chi connectivity index (χ4n) is 2.35. The van der Waals surface area contributed by atoms with E-state index in [0.717, 1.165) is 18.2 Å². The lowest BCUT2D eigenvalue weighted by Gasteiger charge is -2.10. The van der Waals surface area contributed by atoms with Gasteiger partial charge in [-0.3, -0.25) is 9.79 Å². The fraction of sp³-hybridized carbons (Fsp3) is 0.150. The van der Waals surface area contributed by atoms with E-state index in [4.69, 9.17) is 16.2 Å². The van der Waals surface area contributed by atoms with Gasteiger partial charge in [-0.25, -0.2) is 18.0 Å². The van der Waals surface area contributed by atoms with Crippen LogP contribution in [0.4, 0.5) is 13.2 Å². The monoisotopic (exact) mass is 405 g/mol. The Kier molecular flexibility index (Phi) is 7.13. The Labute approximate surface area is 164 Å². The van der Waals surface area contributed by atoms with E-state index >= 15 is 0 Å². The number of aliphatic imine (C=N–C) groups is 1. The molecular formula is C20H18F3N3O3. The van der Waals surface area contributed by atoms with Crippen LogP contribution in [-0.4, -0.2) is 24.2 Å². The number of carbonyl (C=O) groups is 2. The molecule has 4 N–H and O–H groups in total. The molecule has 0 bridgehead atoms. The van der Waals surface area contributed by atoms with E-state index in [0.29, 0.717) is 5.56 Å². The molecule has 0 aromatic heterocycles. The quantitative estimate of drug-likeness (QED) is 0.242. The summed E-state index contributed by atoms with van der Waals surface area (Å²) in [6, 6.07) is 8.39. The smallest absolute Gasteiger partial charge is 0.344 e. The lowest BCUT2D eigenvalue weighted by Crippen LogP contribution is -2.28. The molecule has 0 saturated heterocycles. The number of hydrogen-bond donors (Lipinski definition) is 2. The normalized spacial score (nSPS) is 12.3. The van der Waals surface area contributed by atoms with Crippen molar-refractivity contribution in [2.45, 2.75) is 13.5 Å². The summed E-state index contributed by atoms with van der Waals surface area (Å²) in [5.74, 6) is -4.96. The van der Waals surface area contributed by atoms with Gasteiger partial charge in [-0.15, -0.1) is 0 Å². The molecule has 2 aromatic rings. The molecule has 0 aliphatic rings. The van der Waals surface area contributed by atoms with Gasteiger partial charge in [0.2, 0.25) is 5.78 Å². The maximum atomic E-state index is 13.6. The van der Waals surface area contributed by atoms with E-state index in [9.17, 15) is 22.8 Å². The van der Waals surface area contributed by atoms with Gasteiger partial charge in [-0.05, 0) is 36.8 Å². The van der Waals surface area contributed by atoms with Crippen LogP contribution in [0.1, 0.15) is 22.8 Å². The molecule has 0 amide bonds. The Hall–Kier alpha value is -3.62. The predicted octanol–water partition coefficient (Wildman–Crippen LogP) is 2.62. The van der Waals surface area contributed by atoms with Crippen LogP contribution in [0.5, 0.6) is 0 Å². The zero-order valence-electron chi connectivity index (χ0n) is 15.4. The lowest BCUT2D eigenvalue weighted by molar-refractivity contribution is -0.137. The second-order valence-corrected chi connectivity index (χ2v) is 5.98. The van der Waals surface area contributed by atoms with Gasteiger partial charge in [0.15, 0.2) is 6.61 Å². The number of ether oxygens (including phenoxy) is 1. The Bertz CT molecular complexity index is 962. The molecule has 29 heavy (non-hydrogen) atoms. The SMILES string of the molecule is CC(N)=C(C(=O)OCC(=O)c1c(F)cccc1F)C(N)=NCc1ccc(F)cc1. The maximum absolute atomic E-state index is 13.6. The first-order chi connectivity index (χ1) is 13.7. The van der Waals surface area contributed by atoms with E-state index < -0.39 is 41.4 Å². The number of esters is 1. The van der Waals surface area contributed by atoms with Crippen molar-refractivity contribution < 1.29 is 27.5 Å². The number of nitrogens with zero attached hydrogens (tertiary/aromatic N) is 1.